The second-order valence-electron chi connectivity index (χ2n) is 6.11. The maximum absolute atomic E-state index is 12.4. The molecule has 1 heterocycles. The van der Waals surface area contributed by atoms with E-state index in [1.807, 2.05) is 0 Å². The number of fused-ring (bicyclic) bond motifs is 1. The minimum absolute atomic E-state index is 0.256. The van der Waals surface area contributed by atoms with Crippen molar-refractivity contribution in [2.24, 2.45) is 0 Å². The van der Waals surface area contributed by atoms with Gasteiger partial charge in [0.2, 0.25) is 0 Å². The Morgan fingerprint density at radius 3 is 2.39 bits per heavy atom. The molecule has 1 aromatic heterocycles. The lowest BCUT2D eigenvalue weighted by atomic mass is 10.1. The van der Waals surface area contributed by atoms with Gasteiger partial charge in [-0.3, -0.25) is 14.2 Å². The number of aromatic amines is 1. The molecule has 0 aliphatic rings. The van der Waals surface area contributed by atoms with E-state index < -0.39 is 11.7 Å². The van der Waals surface area contributed by atoms with Crippen molar-refractivity contribution in [3.63, 3.8) is 0 Å². The molecule has 8 heteroatoms. The van der Waals surface area contributed by atoms with Crippen molar-refractivity contribution in [1.29, 1.82) is 0 Å². The number of carbonyl (C=O) groups excluding carboxylic acids is 2. The summed E-state index contributed by atoms with van der Waals surface area (Å²) < 4.78 is 5.74. The van der Waals surface area contributed by atoms with Gasteiger partial charge in [-0.05, 0) is 42.8 Å². The summed E-state index contributed by atoms with van der Waals surface area (Å²) >= 11 is 0. The zero-order chi connectivity index (χ0) is 20.3. The molecule has 0 aliphatic heterocycles. The van der Waals surface area contributed by atoms with Crippen LogP contribution in [-0.2, 0) is 17.8 Å². The highest BCUT2D eigenvalue weighted by Crippen LogP contribution is 2.10. The quantitative estimate of drug-likeness (QED) is 0.650. The summed E-state index contributed by atoms with van der Waals surface area (Å²) in [5.41, 5.74) is 0.967. The summed E-state index contributed by atoms with van der Waals surface area (Å²) in [6.45, 7) is 2.23. The number of benzene rings is 2. The lowest BCUT2D eigenvalue weighted by Gasteiger charge is -2.08. The molecule has 0 fully saturated rings. The van der Waals surface area contributed by atoms with E-state index in [1.165, 1.54) is 25.3 Å². The Bertz CT molecular complexity index is 1160. The summed E-state index contributed by atoms with van der Waals surface area (Å²) in [7, 11) is 1.31. The van der Waals surface area contributed by atoms with Crippen LogP contribution in [0.15, 0.2) is 52.1 Å². The van der Waals surface area contributed by atoms with E-state index in [0.717, 1.165) is 10.1 Å². The second kappa shape index (κ2) is 7.91. The van der Waals surface area contributed by atoms with Crippen molar-refractivity contribution in [3.05, 3.63) is 80.0 Å². The number of carbonyl (C=O) groups is 2. The molecule has 0 saturated heterocycles. The fraction of sp³-hybridized carbons (Fsp3) is 0.200. The first-order valence-electron chi connectivity index (χ1n) is 8.67. The third-order valence-electron chi connectivity index (χ3n) is 4.39. The summed E-state index contributed by atoms with van der Waals surface area (Å²) in [6.07, 6.45) is 0. The number of ether oxygens (including phenoxy) is 1. The fourth-order valence-corrected chi connectivity index (χ4v) is 2.84. The smallest absolute Gasteiger partial charge is 0.337 e. The Morgan fingerprint density at radius 2 is 1.75 bits per heavy atom. The fourth-order valence-electron chi connectivity index (χ4n) is 2.84. The van der Waals surface area contributed by atoms with Crippen LogP contribution in [0.1, 0.15) is 33.2 Å². The molecular weight excluding hydrogens is 362 g/mol. The van der Waals surface area contributed by atoms with Crippen molar-refractivity contribution in [3.8, 4) is 0 Å². The van der Waals surface area contributed by atoms with Crippen LogP contribution >= 0.6 is 0 Å². The molecule has 0 spiro atoms. The topological polar surface area (TPSA) is 110 Å². The molecule has 0 radical (unpaired) electrons. The molecule has 8 nitrogen and oxygen atoms in total. The Hall–Kier alpha value is -3.68. The zero-order valence-corrected chi connectivity index (χ0v) is 15.4. The minimum atomic E-state index is -0.511. The Balaban J connectivity index is 1.77. The molecule has 2 N–H and O–H groups in total. The summed E-state index contributed by atoms with van der Waals surface area (Å²) in [6, 6.07) is 11.2. The summed E-state index contributed by atoms with van der Waals surface area (Å²) in [5.74, 6) is -0.776. The average molecular weight is 381 g/mol. The number of hydrogen-bond donors (Lipinski definition) is 2. The van der Waals surface area contributed by atoms with Gasteiger partial charge in [-0.1, -0.05) is 12.1 Å². The summed E-state index contributed by atoms with van der Waals surface area (Å²) in [4.78, 5) is 50.7. The van der Waals surface area contributed by atoms with Gasteiger partial charge < -0.3 is 15.0 Å². The Kier molecular flexibility index (Phi) is 5.39. The van der Waals surface area contributed by atoms with Crippen molar-refractivity contribution in [2.45, 2.75) is 20.0 Å². The van der Waals surface area contributed by atoms with Crippen LogP contribution in [-0.4, -0.2) is 28.5 Å². The van der Waals surface area contributed by atoms with E-state index >= 15 is 0 Å². The van der Waals surface area contributed by atoms with Crippen molar-refractivity contribution >= 4 is 22.8 Å². The van der Waals surface area contributed by atoms with E-state index in [-0.39, 0.29) is 24.6 Å². The summed E-state index contributed by atoms with van der Waals surface area (Å²) in [5, 5.41) is 3.11. The van der Waals surface area contributed by atoms with Crippen LogP contribution < -0.4 is 16.6 Å². The molecule has 1 amide bonds. The van der Waals surface area contributed by atoms with E-state index in [9.17, 15) is 19.2 Å². The van der Waals surface area contributed by atoms with Gasteiger partial charge in [-0.25, -0.2) is 9.59 Å². The van der Waals surface area contributed by atoms with Crippen LogP contribution in [0.4, 0.5) is 0 Å². The monoisotopic (exact) mass is 381 g/mol. The van der Waals surface area contributed by atoms with Crippen molar-refractivity contribution in [1.82, 2.24) is 14.9 Å². The Morgan fingerprint density at radius 1 is 1.07 bits per heavy atom. The predicted molar refractivity (Wildman–Crippen MR) is 103 cm³/mol. The molecule has 3 rings (SSSR count). The number of nitrogens with zero attached hydrogens (tertiary/aromatic N) is 1. The number of aromatic nitrogens is 2. The Labute approximate surface area is 159 Å². The van der Waals surface area contributed by atoms with Gasteiger partial charge in [0.25, 0.3) is 11.5 Å². The molecule has 0 aliphatic carbocycles. The van der Waals surface area contributed by atoms with Crippen molar-refractivity contribution in [2.75, 3.05) is 7.11 Å². The van der Waals surface area contributed by atoms with E-state index in [1.54, 1.807) is 31.2 Å². The first-order valence-corrected chi connectivity index (χ1v) is 8.67. The third kappa shape index (κ3) is 3.71. The molecule has 144 valence electrons. The van der Waals surface area contributed by atoms with Gasteiger partial charge in [-0.15, -0.1) is 0 Å². The maximum atomic E-state index is 12.4. The second-order valence-corrected chi connectivity index (χ2v) is 6.11. The molecule has 0 atom stereocenters. The van der Waals surface area contributed by atoms with Gasteiger partial charge in [0.05, 0.1) is 23.6 Å². The van der Waals surface area contributed by atoms with Crippen LogP contribution in [0.5, 0.6) is 0 Å². The van der Waals surface area contributed by atoms with Gasteiger partial charge in [0.1, 0.15) is 0 Å². The van der Waals surface area contributed by atoms with Crippen LogP contribution in [0.3, 0.4) is 0 Å². The van der Waals surface area contributed by atoms with E-state index in [4.69, 9.17) is 0 Å². The number of rotatable bonds is 5. The first kappa shape index (κ1) is 19.1. The van der Waals surface area contributed by atoms with E-state index in [0.29, 0.717) is 22.0 Å². The number of methoxy groups -OCH3 is 1. The molecule has 28 heavy (non-hydrogen) atoms. The molecule has 3 aromatic rings. The van der Waals surface area contributed by atoms with Crippen LogP contribution in [0, 0.1) is 0 Å². The molecule has 2 aromatic carbocycles. The third-order valence-corrected chi connectivity index (χ3v) is 4.39. The number of H-pyrrole nitrogens is 1. The van der Waals surface area contributed by atoms with Gasteiger partial charge in [-0.2, -0.15) is 0 Å². The highest BCUT2D eigenvalue weighted by molar-refractivity contribution is 5.97. The number of hydrogen-bond acceptors (Lipinski definition) is 5. The van der Waals surface area contributed by atoms with E-state index in [2.05, 4.69) is 15.0 Å². The normalized spacial score (nSPS) is 10.6. The highest BCUT2D eigenvalue weighted by atomic mass is 16.5. The van der Waals surface area contributed by atoms with Gasteiger partial charge in [0.15, 0.2) is 0 Å². The van der Waals surface area contributed by atoms with Crippen molar-refractivity contribution < 1.29 is 14.3 Å². The van der Waals surface area contributed by atoms with Crippen LogP contribution in [0.2, 0.25) is 0 Å². The average Bonchev–Trinajstić information content (AvgIpc) is 2.71. The first-order chi connectivity index (χ1) is 13.4. The molecule has 0 unspecified atom stereocenters. The number of amides is 1. The molecular formula is C20H19N3O5. The minimum Gasteiger partial charge on any atom is -0.465 e. The molecule has 0 saturated carbocycles. The standard InChI is InChI=1S/C20H19N3O5/c1-3-23-18(25)15-9-8-14(10-16(15)22-20(23)27)17(24)21-11-12-4-6-13(7-5-12)19(26)28-2/h4-10H,3,11H2,1-2H3,(H,21,24)(H,22,27). The van der Waals surface area contributed by atoms with Gasteiger partial charge >= 0.3 is 11.7 Å². The predicted octanol–water partition coefficient (Wildman–Crippen LogP) is 1.43. The zero-order valence-electron chi connectivity index (χ0n) is 15.4. The van der Waals surface area contributed by atoms with Crippen LogP contribution in [0.25, 0.3) is 10.9 Å². The number of esters is 1. The van der Waals surface area contributed by atoms with Gasteiger partial charge in [0, 0.05) is 18.7 Å². The largest absolute Gasteiger partial charge is 0.465 e. The highest BCUT2D eigenvalue weighted by Gasteiger charge is 2.11. The maximum Gasteiger partial charge on any atom is 0.337 e. The molecule has 0 bridgehead atoms. The lowest BCUT2D eigenvalue weighted by molar-refractivity contribution is 0.0600. The SMILES string of the molecule is CCn1c(=O)[nH]c2cc(C(=O)NCc3ccc(C(=O)OC)cc3)ccc2c1=O. The number of nitrogens with one attached hydrogen (secondary N) is 2. The lowest BCUT2D eigenvalue weighted by Crippen LogP contribution is -2.34.